The lowest BCUT2D eigenvalue weighted by Crippen LogP contribution is -2.40. The highest BCUT2D eigenvalue weighted by Gasteiger charge is 2.29. The number of fused-ring (bicyclic) bond motifs is 1. The first-order valence-electron chi connectivity index (χ1n) is 8.61. The lowest BCUT2D eigenvalue weighted by molar-refractivity contribution is 0.0513. The number of aliphatic hydroxyl groups is 1. The second-order valence-electron chi connectivity index (χ2n) is 7.01. The van der Waals surface area contributed by atoms with Crippen LogP contribution in [0.3, 0.4) is 0 Å². The molecule has 0 fully saturated rings. The minimum Gasteiger partial charge on any atom is -0.466 e. The lowest BCUT2D eigenvalue weighted by atomic mass is 9.94. The Morgan fingerprint density at radius 3 is 2.72 bits per heavy atom. The van der Waals surface area contributed by atoms with Crippen LogP contribution in [-0.2, 0) is 18.4 Å². The highest BCUT2D eigenvalue weighted by atomic mass is 16.3. The van der Waals surface area contributed by atoms with Crippen molar-refractivity contribution in [2.75, 3.05) is 6.54 Å². The van der Waals surface area contributed by atoms with E-state index in [-0.39, 0.29) is 17.7 Å². The van der Waals surface area contributed by atoms with Crippen LogP contribution in [0.5, 0.6) is 0 Å². The number of amides is 1. The fourth-order valence-electron chi connectivity index (χ4n) is 3.45. The summed E-state index contributed by atoms with van der Waals surface area (Å²) in [5.74, 6) is 0.835. The summed E-state index contributed by atoms with van der Waals surface area (Å²) in [6.45, 7) is 5.18. The molecule has 0 aliphatic heterocycles. The first-order chi connectivity index (χ1) is 11.8. The predicted octanol–water partition coefficient (Wildman–Crippen LogP) is 2.10. The highest BCUT2D eigenvalue weighted by Crippen LogP contribution is 2.26. The van der Waals surface area contributed by atoms with Crippen LogP contribution in [0.15, 0.2) is 21.3 Å². The van der Waals surface area contributed by atoms with Crippen molar-refractivity contribution in [1.29, 1.82) is 0 Å². The molecule has 0 radical (unpaired) electrons. The average Bonchev–Trinajstić information content (AvgIpc) is 2.91. The van der Waals surface area contributed by atoms with Crippen LogP contribution in [0.1, 0.15) is 58.5 Å². The summed E-state index contributed by atoms with van der Waals surface area (Å²) in [4.78, 5) is 27.5. The Morgan fingerprint density at radius 1 is 1.32 bits per heavy atom. The quantitative estimate of drug-likeness (QED) is 0.791. The van der Waals surface area contributed by atoms with Crippen LogP contribution in [0.25, 0.3) is 0 Å². The molecule has 1 unspecified atom stereocenters. The van der Waals surface area contributed by atoms with E-state index in [1.807, 2.05) is 0 Å². The Labute approximate surface area is 146 Å². The predicted molar refractivity (Wildman–Crippen MR) is 93.8 cm³/mol. The first-order valence-corrected chi connectivity index (χ1v) is 8.61. The van der Waals surface area contributed by atoms with Crippen molar-refractivity contribution in [3.8, 4) is 0 Å². The molecule has 3 rings (SSSR count). The summed E-state index contributed by atoms with van der Waals surface area (Å²) < 4.78 is 5.45. The number of aromatic nitrogens is 1. The molecule has 6 heteroatoms. The van der Waals surface area contributed by atoms with Crippen LogP contribution in [-0.4, -0.2) is 22.5 Å². The third-order valence-corrected chi connectivity index (χ3v) is 4.80. The summed E-state index contributed by atoms with van der Waals surface area (Å²) in [6.07, 6.45) is 3.84. The largest absolute Gasteiger partial charge is 0.466 e. The third-order valence-electron chi connectivity index (χ3n) is 4.80. The topological polar surface area (TPSA) is 95.3 Å². The summed E-state index contributed by atoms with van der Waals surface area (Å²) in [6, 6.07) is 3.44. The zero-order valence-electron chi connectivity index (χ0n) is 14.9. The third kappa shape index (κ3) is 3.54. The number of aromatic amines is 1. The van der Waals surface area contributed by atoms with Crippen molar-refractivity contribution >= 4 is 5.91 Å². The van der Waals surface area contributed by atoms with E-state index in [9.17, 15) is 14.7 Å². The zero-order chi connectivity index (χ0) is 18.2. The standard InChI is InChI=1S/C19H24N2O4/c1-11-8-15(12(2)25-11)19(3,24)10-20-17(22)14-9-13-6-4-5-7-16(13)21-18(14)23/h8-9,24H,4-7,10H2,1-3H3,(H,20,22)(H,21,23). The number of rotatable bonds is 4. The van der Waals surface area contributed by atoms with Crippen molar-refractivity contribution in [1.82, 2.24) is 10.3 Å². The monoisotopic (exact) mass is 344 g/mol. The second-order valence-corrected chi connectivity index (χ2v) is 7.01. The van der Waals surface area contributed by atoms with Crippen LogP contribution in [0.2, 0.25) is 0 Å². The zero-order valence-corrected chi connectivity index (χ0v) is 14.9. The van der Waals surface area contributed by atoms with Gasteiger partial charge in [0.15, 0.2) is 0 Å². The van der Waals surface area contributed by atoms with Gasteiger partial charge in [0.05, 0.1) is 6.54 Å². The number of hydrogen-bond acceptors (Lipinski definition) is 4. The Morgan fingerprint density at radius 2 is 2.04 bits per heavy atom. The molecule has 2 aromatic rings. The van der Waals surface area contributed by atoms with E-state index < -0.39 is 11.5 Å². The second kappa shape index (κ2) is 6.52. The molecule has 3 N–H and O–H groups in total. The van der Waals surface area contributed by atoms with Gasteiger partial charge >= 0.3 is 0 Å². The number of carbonyl (C=O) groups is 1. The Bertz CT molecular complexity index is 861. The maximum absolute atomic E-state index is 12.5. The van der Waals surface area contributed by atoms with Gasteiger partial charge in [0.1, 0.15) is 22.7 Å². The molecule has 0 bridgehead atoms. The maximum atomic E-state index is 12.5. The molecule has 134 valence electrons. The van der Waals surface area contributed by atoms with Crippen molar-refractivity contribution in [2.24, 2.45) is 0 Å². The van der Waals surface area contributed by atoms with E-state index in [0.717, 1.165) is 36.9 Å². The fourth-order valence-corrected chi connectivity index (χ4v) is 3.45. The van der Waals surface area contributed by atoms with Crippen LogP contribution >= 0.6 is 0 Å². The Hall–Kier alpha value is -2.34. The Balaban J connectivity index is 1.76. The van der Waals surface area contributed by atoms with E-state index >= 15 is 0 Å². The van der Waals surface area contributed by atoms with Gasteiger partial charge in [-0.05, 0) is 64.2 Å². The van der Waals surface area contributed by atoms with Gasteiger partial charge in [-0.25, -0.2) is 0 Å². The maximum Gasteiger partial charge on any atom is 0.261 e. The molecule has 0 aromatic carbocycles. The molecule has 0 saturated heterocycles. The number of aryl methyl sites for hydroxylation is 4. The Kier molecular flexibility index (Phi) is 4.56. The average molecular weight is 344 g/mol. The SMILES string of the molecule is Cc1cc(C(C)(O)CNC(=O)c2cc3c([nH]c2=O)CCCC3)c(C)o1. The highest BCUT2D eigenvalue weighted by molar-refractivity contribution is 5.94. The molecule has 1 aliphatic rings. The fraction of sp³-hybridized carbons (Fsp3) is 0.474. The van der Waals surface area contributed by atoms with E-state index in [0.29, 0.717) is 17.1 Å². The molecule has 0 saturated carbocycles. The summed E-state index contributed by atoms with van der Waals surface area (Å²) in [7, 11) is 0. The summed E-state index contributed by atoms with van der Waals surface area (Å²) in [5.41, 5.74) is 1.03. The van der Waals surface area contributed by atoms with Crippen LogP contribution in [0.4, 0.5) is 0 Å². The van der Waals surface area contributed by atoms with Crippen LogP contribution in [0, 0.1) is 13.8 Å². The molecular formula is C19H24N2O4. The van der Waals surface area contributed by atoms with E-state index in [1.54, 1.807) is 32.9 Å². The molecule has 25 heavy (non-hydrogen) atoms. The van der Waals surface area contributed by atoms with E-state index in [4.69, 9.17) is 4.42 Å². The van der Waals surface area contributed by atoms with Gasteiger partial charge in [-0.2, -0.15) is 0 Å². The smallest absolute Gasteiger partial charge is 0.261 e. The van der Waals surface area contributed by atoms with Gasteiger partial charge in [0, 0.05) is 11.3 Å². The van der Waals surface area contributed by atoms with Gasteiger partial charge in [-0.1, -0.05) is 0 Å². The van der Waals surface area contributed by atoms with Gasteiger partial charge in [0.25, 0.3) is 11.5 Å². The number of H-pyrrole nitrogens is 1. The van der Waals surface area contributed by atoms with Crippen molar-refractivity contribution in [3.05, 3.63) is 56.4 Å². The normalized spacial score (nSPS) is 16.2. The number of furan rings is 1. The lowest BCUT2D eigenvalue weighted by Gasteiger charge is -2.23. The molecule has 1 atom stereocenters. The van der Waals surface area contributed by atoms with Gasteiger partial charge < -0.3 is 19.8 Å². The molecule has 0 spiro atoms. The first kappa shape index (κ1) is 17.5. The number of hydrogen-bond donors (Lipinski definition) is 3. The number of carbonyl (C=O) groups excluding carboxylic acids is 1. The van der Waals surface area contributed by atoms with Crippen molar-refractivity contribution in [3.63, 3.8) is 0 Å². The van der Waals surface area contributed by atoms with E-state index in [2.05, 4.69) is 10.3 Å². The van der Waals surface area contributed by atoms with Crippen molar-refractivity contribution < 1.29 is 14.3 Å². The summed E-state index contributed by atoms with van der Waals surface area (Å²) >= 11 is 0. The molecule has 1 aliphatic carbocycles. The van der Waals surface area contributed by atoms with Crippen molar-refractivity contribution in [2.45, 2.75) is 52.1 Å². The van der Waals surface area contributed by atoms with Gasteiger partial charge in [0.2, 0.25) is 0 Å². The number of nitrogens with one attached hydrogen (secondary N) is 2. The molecule has 6 nitrogen and oxygen atoms in total. The molecule has 2 aromatic heterocycles. The molecular weight excluding hydrogens is 320 g/mol. The number of pyridine rings is 1. The molecule has 1 amide bonds. The van der Waals surface area contributed by atoms with Gasteiger partial charge in [-0.3, -0.25) is 9.59 Å². The minimum atomic E-state index is -1.28. The van der Waals surface area contributed by atoms with E-state index in [1.165, 1.54) is 0 Å². The van der Waals surface area contributed by atoms with Crippen LogP contribution < -0.4 is 10.9 Å². The molecule has 2 heterocycles. The summed E-state index contributed by atoms with van der Waals surface area (Å²) in [5, 5.41) is 13.3. The van der Waals surface area contributed by atoms with Gasteiger partial charge in [-0.15, -0.1) is 0 Å². The minimum absolute atomic E-state index is 0.0117.